The third-order valence-corrected chi connectivity index (χ3v) is 5.55. The maximum absolute atomic E-state index is 13.0. The van der Waals surface area contributed by atoms with Gasteiger partial charge in [0.05, 0.1) is 13.2 Å². The number of hydrogen-bond acceptors (Lipinski definition) is 3. The molecule has 2 aromatic carbocycles. The molecule has 0 heterocycles. The molecule has 0 unspecified atom stereocenters. The molecule has 158 valence electrons. The summed E-state index contributed by atoms with van der Waals surface area (Å²) in [4.78, 5) is 13.0. The molecule has 0 aromatic heterocycles. The Morgan fingerprint density at radius 3 is 2.28 bits per heavy atom. The Morgan fingerprint density at radius 2 is 1.69 bits per heavy atom. The summed E-state index contributed by atoms with van der Waals surface area (Å²) in [6.07, 6.45) is 0.0752. The van der Waals surface area contributed by atoms with Crippen LogP contribution in [0.1, 0.15) is 73.9 Å². The number of nitrogens with one attached hydrogen (secondary N) is 1. The molecular formula is C25H35NO3. The van der Waals surface area contributed by atoms with Crippen LogP contribution >= 0.6 is 0 Å². The Bertz CT molecular complexity index is 857. The van der Waals surface area contributed by atoms with Crippen LogP contribution in [0.15, 0.2) is 30.3 Å². The number of carbonyl (C=O) groups excluding carboxylic acids is 1. The van der Waals surface area contributed by atoms with Crippen molar-refractivity contribution in [1.82, 2.24) is 5.32 Å². The van der Waals surface area contributed by atoms with E-state index in [4.69, 9.17) is 9.47 Å². The highest BCUT2D eigenvalue weighted by molar-refractivity contribution is 5.81. The van der Waals surface area contributed by atoms with Gasteiger partial charge in [0.25, 0.3) is 5.91 Å². The van der Waals surface area contributed by atoms with Crippen molar-refractivity contribution in [3.8, 4) is 11.5 Å². The molecule has 0 saturated carbocycles. The van der Waals surface area contributed by atoms with Crippen molar-refractivity contribution in [2.45, 2.75) is 73.0 Å². The summed E-state index contributed by atoms with van der Waals surface area (Å²) < 4.78 is 11.6. The summed E-state index contributed by atoms with van der Waals surface area (Å²) >= 11 is 0. The molecule has 0 radical (unpaired) electrons. The lowest BCUT2D eigenvalue weighted by atomic mass is 9.93. The van der Waals surface area contributed by atoms with Crippen molar-refractivity contribution in [2.75, 3.05) is 7.11 Å². The average Bonchev–Trinajstić information content (AvgIpc) is 2.68. The number of rotatable bonds is 8. The molecule has 0 aliphatic heterocycles. The van der Waals surface area contributed by atoms with Crippen molar-refractivity contribution < 1.29 is 14.3 Å². The molecule has 4 heteroatoms. The second-order valence-corrected chi connectivity index (χ2v) is 8.05. The highest BCUT2D eigenvalue weighted by atomic mass is 16.5. The van der Waals surface area contributed by atoms with E-state index >= 15 is 0 Å². The molecule has 2 rings (SSSR count). The maximum Gasteiger partial charge on any atom is 0.261 e. The molecule has 1 N–H and O–H groups in total. The summed E-state index contributed by atoms with van der Waals surface area (Å²) in [7, 11) is 1.70. The molecule has 0 aliphatic rings. The van der Waals surface area contributed by atoms with E-state index in [1.807, 2.05) is 45.9 Å². The lowest BCUT2D eigenvalue weighted by molar-refractivity contribution is -0.128. The minimum absolute atomic E-state index is 0.0952. The first kappa shape index (κ1) is 22.8. The molecular weight excluding hydrogens is 362 g/mol. The number of carbonyl (C=O) groups is 1. The molecule has 0 spiro atoms. The molecule has 4 nitrogen and oxygen atoms in total. The van der Waals surface area contributed by atoms with Crippen molar-refractivity contribution in [1.29, 1.82) is 0 Å². The number of amides is 1. The zero-order valence-electron chi connectivity index (χ0n) is 19.1. The van der Waals surface area contributed by atoms with E-state index in [-0.39, 0.29) is 11.9 Å². The van der Waals surface area contributed by atoms with Gasteiger partial charge >= 0.3 is 0 Å². The van der Waals surface area contributed by atoms with Gasteiger partial charge in [0.2, 0.25) is 0 Å². The van der Waals surface area contributed by atoms with Gasteiger partial charge in [0.1, 0.15) is 11.5 Å². The van der Waals surface area contributed by atoms with Crippen LogP contribution in [0.25, 0.3) is 0 Å². The molecule has 0 aliphatic carbocycles. The lowest BCUT2D eigenvalue weighted by Crippen LogP contribution is -2.39. The van der Waals surface area contributed by atoms with Crippen molar-refractivity contribution in [3.63, 3.8) is 0 Å². The third kappa shape index (κ3) is 5.31. The van der Waals surface area contributed by atoms with E-state index in [0.29, 0.717) is 12.3 Å². The fraction of sp³-hybridized carbons (Fsp3) is 0.480. The van der Waals surface area contributed by atoms with Gasteiger partial charge in [-0.2, -0.15) is 0 Å². The first-order chi connectivity index (χ1) is 13.7. The second-order valence-electron chi connectivity index (χ2n) is 8.05. The first-order valence-corrected chi connectivity index (χ1v) is 10.4. The Morgan fingerprint density at radius 1 is 1.00 bits per heavy atom. The Balaban J connectivity index is 2.20. The van der Waals surface area contributed by atoms with E-state index in [1.54, 1.807) is 7.11 Å². The minimum Gasteiger partial charge on any atom is -0.496 e. The van der Waals surface area contributed by atoms with Crippen LogP contribution < -0.4 is 14.8 Å². The first-order valence-electron chi connectivity index (χ1n) is 10.4. The number of aryl methyl sites for hydroxylation is 2. The van der Waals surface area contributed by atoms with Gasteiger partial charge in [-0.25, -0.2) is 0 Å². The summed E-state index contributed by atoms with van der Waals surface area (Å²) in [5.41, 5.74) is 5.57. The molecule has 0 fully saturated rings. The van der Waals surface area contributed by atoms with E-state index in [9.17, 15) is 4.79 Å². The van der Waals surface area contributed by atoms with Crippen LogP contribution in [0.5, 0.6) is 11.5 Å². The Kier molecular flexibility index (Phi) is 7.72. The van der Waals surface area contributed by atoms with Crippen molar-refractivity contribution >= 4 is 5.91 Å². The summed E-state index contributed by atoms with van der Waals surface area (Å²) in [6, 6.07) is 10.0. The molecule has 0 saturated heterocycles. The van der Waals surface area contributed by atoms with E-state index in [1.165, 1.54) is 0 Å². The minimum atomic E-state index is -0.527. The maximum atomic E-state index is 13.0. The fourth-order valence-corrected chi connectivity index (χ4v) is 3.52. The number of ether oxygens (including phenoxy) is 2. The van der Waals surface area contributed by atoms with Crippen LogP contribution in [-0.2, 0) is 4.79 Å². The largest absolute Gasteiger partial charge is 0.496 e. The summed E-state index contributed by atoms with van der Waals surface area (Å²) in [5.74, 6) is 1.90. The van der Waals surface area contributed by atoms with Gasteiger partial charge in [0, 0.05) is 0 Å². The highest BCUT2D eigenvalue weighted by Crippen LogP contribution is 2.32. The molecule has 29 heavy (non-hydrogen) atoms. The van der Waals surface area contributed by atoms with Crippen LogP contribution in [0.3, 0.4) is 0 Å². The topological polar surface area (TPSA) is 47.6 Å². The standard InChI is InChI=1S/C25H35NO3/c1-9-22(29-23-12-10-11-16(4)18(23)6)25(27)26-19(7)21-14-20(15(2)3)24(28-8)13-17(21)5/h10-15,19,22H,9H2,1-8H3,(H,26,27)/t19-,22-/m1/s1. The van der Waals surface area contributed by atoms with Gasteiger partial charge in [-0.1, -0.05) is 32.9 Å². The molecule has 0 bridgehead atoms. The third-order valence-electron chi connectivity index (χ3n) is 5.55. The number of methoxy groups -OCH3 is 1. The predicted molar refractivity (Wildman–Crippen MR) is 119 cm³/mol. The quantitative estimate of drug-likeness (QED) is 0.614. The van der Waals surface area contributed by atoms with Gasteiger partial charge in [-0.15, -0.1) is 0 Å². The smallest absolute Gasteiger partial charge is 0.261 e. The van der Waals surface area contributed by atoms with Gasteiger partial charge in [-0.3, -0.25) is 4.79 Å². The highest BCUT2D eigenvalue weighted by Gasteiger charge is 2.23. The Labute approximate surface area is 175 Å². The van der Waals surface area contributed by atoms with Gasteiger partial charge in [-0.05, 0) is 86.1 Å². The molecule has 1 amide bonds. The monoisotopic (exact) mass is 397 g/mol. The lowest BCUT2D eigenvalue weighted by Gasteiger charge is -2.24. The fourth-order valence-electron chi connectivity index (χ4n) is 3.52. The summed E-state index contributed by atoms with van der Waals surface area (Å²) in [6.45, 7) is 14.4. The van der Waals surface area contributed by atoms with Crippen molar-refractivity contribution in [2.24, 2.45) is 0 Å². The van der Waals surface area contributed by atoms with Crippen LogP contribution in [0.4, 0.5) is 0 Å². The predicted octanol–water partition coefficient (Wildman–Crippen LogP) is 5.78. The van der Waals surface area contributed by atoms with Gasteiger partial charge < -0.3 is 14.8 Å². The normalized spacial score (nSPS) is 13.1. The summed E-state index contributed by atoms with van der Waals surface area (Å²) in [5, 5.41) is 3.14. The van der Waals surface area contributed by atoms with Crippen LogP contribution in [0, 0.1) is 20.8 Å². The van der Waals surface area contributed by atoms with Gasteiger partial charge in [0.15, 0.2) is 6.10 Å². The molecule has 2 aromatic rings. The van der Waals surface area contributed by atoms with E-state index in [2.05, 4.69) is 38.2 Å². The van der Waals surface area contributed by atoms with Crippen LogP contribution in [-0.4, -0.2) is 19.1 Å². The molecule has 2 atom stereocenters. The SMILES string of the molecule is CC[C@@H](Oc1cccc(C)c1C)C(=O)N[C@H](C)c1cc(C(C)C)c(OC)cc1C. The average molecular weight is 398 g/mol. The van der Waals surface area contributed by atoms with Crippen LogP contribution in [0.2, 0.25) is 0 Å². The van der Waals surface area contributed by atoms with E-state index in [0.717, 1.165) is 39.3 Å². The Hall–Kier alpha value is -2.49. The van der Waals surface area contributed by atoms with E-state index < -0.39 is 6.10 Å². The zero-order valence-corrected chi connectivity index (χ0v) is 19.1. The number of benzene rings is 2. The zero-order chi connectivity index (χ0) is 21.7. The second kappa shape index (κ2) is 9.82. The number of hydrogen-bond donors (Lipinski definition) is 1. The van der Waals surface area contributed by atoms with Crippen molar-refractivity contribution in [3.05, 3.63) is 58.1 Å².